The van der Waals surface area contributed by atoms with Crippen molar-refractivity contribution in [2.75, 3.05) is 24.5 Å². The normalized spacial score (nSPS) is 15.0. The Morgan fingerprint density at radius 2 is 1.92 bits per heavy atom. The van der Waals surface area contributed by atoms with Crippen LogP contribution in [-0.2, 0) is 9.59 Å². The first-order valence-electron chi connectivity index (χ1n) is 9.16. The Kier molecular flexibility index (Phi) is 6.73. The molecule has 0 bridgehead atoms. The monoisotopic (exact) mass is 344 g/mol. The van der Waals surface area contributed by atoms with Crippen molar-refractivity contribution in [3.63, 3.8) is 0 Å². The number of carbonyl (C=O) groups is 3. The van der Waals surface area contributed by atoms with Gasteiger partial charge >= 0.3 is 0 Å². The minimum absolute atomic E-state index is 0.0604. The first-order valence-corrected chi connectivity index (χ1v) is 9.16. The second kappa shape index (κ2) is 8.79. The molecule has 1 aromatic rings. The predicted molar refractivity (Wildman–Crippen MR) is 98.7 cm³/mol. The van der Waals surface area contributed by atoms with Gasteiger partial charge in [-0.15, -0.1) is 0 Å². The van der Waals surface area contributed by atoms with Crippen LogP contribution in [0.1, 0.15) is 56.8 Å². The van der Waals surface area contributed by atoms with Crippen molar-refractivity contribution in [1.29, 1.82) is 0 Å². The van der Waals surface area contributed by atoms with Gasteiger partial charge in [0.2, 0.25) is 11.8 Å². The van der Waals surface area contributed by atoms with Crippen molar-refractivity contribution in [1.82, 2.24) is 4.90 Å². The first kappa shape index (κ1) is 19.2. The molecule has 0 saturated carbocycles. The molecule has 0 aliphatic carbocycles. The van der Waals surface area contributed by atoms with Crippen LogP contribution < -0.4 is 4.90 Å². The van der Waals surface area contributed by atoms with Gasteiger partial charge < -0.3 is 9.80 Å². The van der Waals surface area contributed by atoms with Gasteiger partial charge in [0, 0.05) is 36.7 Å². The van der Waals surface area contributed by atoms with Crippen LogP contribution in [0.5, 0.6) is 0 Å². The van der Waals surface area contributed by atoms with E-state index in [4.69, 9.17) is 0 Å². The number of ketones is 1. The zero-order valence-electron chi connectivity index (χ0n) is 15.5. The maximum Gasteiger partial charge on any atom is 0.246 e. The third kappa shape index (κ3) is 4.91. The number of piperazine rings is 1. The number of anilines is 1. The zero-order valence-corrected chi connectivity index (χ0v) is 15.5. The van der Waals surface area contributed by atoms with Gasteiger partial charge in [-0.1, -0.05) is 45.7 Å². The quantitative estimate of drug-likeness (QED) is 0.563. The summed E-state index contributed by atoms with van der Waals surface area (Å²) in [4.78, 5) is 40.2. The second-order valence-corrected chi connectivity index (χ2v) is 6.89. The van der Waals surface area contributed by atoms with E-state index in [1.165, 1.54) is 0 Å². The summed E-state index contributed by atoms with van der Waals surface area (Å²) in [5, 5.41) is 0. The van der Waals surface area contributed by atoms with Crippen molar-refractivity contribution < 1.29 is 14.4 Å². The van der Waals surface area contributed by atoms with E-state index in [0.717, 1.165) is 24.9 Å². The summed E-state index contributed by atoms with van der Waals surface area (Å²) in [5.41, 5.74) is 1.35. The lowest BCUT2D eigenvalue weighted by molar-refractivity contribution is -0.136. The number of rotatable bonds is 7. The van der Waals surface area contributed by atoms with Crippen molar-refractivity contribution in [2.45, 2.75) is 46.5 Å². The lowest BCUT2D eigenvalue weighted by Gasteiger charge is -2.34. The molecule has 2 rings (SSSR count). The van der Waals surface area contributed by atoms with E-state index in [1.807, 2.05) is 19.9 Å². The number of benzene rings is 1. The smallest absolute Gasteiger partial charge is 0.246 e. The van der Waals surface area contributed by atoms with E-state index >= 15 is 0 Å². The number of Topliss-reactive ketones (excluding diaryl/α,β-unsaturated/α-hetero) is 1. The van der Waals surface area contributed by atoms with E-state index in [1.54, 1.807) is 28.0 Å². The molecular formula is C20H28N2O3. The van der Waals surface area contributed by atoms with E-state index in [0.29, 0.717) is 25.1 Å². The molecule has 2 amide bonds. The summed E-state index contributed by atoms with van der Waals surface area (Å²) < 4.78 is 0. The molecule has 1 aliphatic rings. The molecule has 1 fully saturated rings. The third-order valence-corrected chi connectivity index (χ3v) is 4.53. The maximum atomic E-state index is 12.5. The van der Waals surface area contributed by atoms with Gasteiger partial charge in [-0.2, -0.15) is 0 Å². The van der Waals surface area contributed by atoms with Gasteiger partial charge in [-0.05, 0) is 18.6 Å². The van der Waals surface area contributed by atoms with Gasteiger partial charge in [0.15, 0.2) is 5.78 Å². The van der Waals surface area contributed by atoms with E-state index < -0.39 is 0 Å². The van der Waals surface area contributed by atoms with Crippen molar-refractivity contribution in [2.24, 2.45) is 5.92 Å². The van der Waals surface area contributed by atoms with E-state index in [2.05, 4.69) is 6.92 Å². The number of amides is 2. The molecule has 0 unspecified atom stereocenters. The highest BCUT2D eigenvalue weighted by Crippen LogP contribution is 2.21. The summed E-state index contributed by atoms with van der Waals surface area (Å²) in [5.74, 6) is -0.0444. The van der Waals surface area contributed by atoms with Crippen LogP contribution in [0, 0.1) is 5.92 Å². The number of unbranched alkanes of at least 4 members (excludes halogenated alkanes) is 2. The van der Waals surface area contributed by atoms with Gasteiger partial charge in [-0.25, -0.2) is 0 Å². The van der Waals surface area contributed by atoms with Gasteiger partial charge in [-0.3, -0.25) is 14.4 Å². The Morgan fingerprint density at radius 1 is 1.16 bits per heavy atom. The van der Waals surface area contributed by atoms with Crippen molar-refractivity contribution in [3.05, 3.63) is 29.8 Å². The molecule has 0 atom stereocenters. The fourth-order valence-electron chi connectivity index (χ4n) is 3.00. The SMILES string of the molecule is CCCCCC(=O)N1CCN(c2cccc(C(=O)C(C)C)c2)C(=O)C1. The predicted octanol–water partition coefficient (Wildman–Crippen LogP) is 3.28. The molecule has 0 spiro atoms. The Hall–Kier alpha value is -2.17. The average molecular weight is 344 g/mol. The summed E-state index contributed by atoms with van der Waals surface area (Å²) in [6.45, 7) is 6.96. The Balaban J connectivity index is 2.02. The van der Waals surface area contributed by atoms with Crippen LogP contribution in [-0.4, -0.2) is 42.1 Å². The fraction of sp³-hybridized carbons (Fsp3) is 0.550. The Morgan fingerprint density at radius 3 is 2.56 bits per heavy atom. The lowest BCUT2D eigenvalue weighted by atomic mass is 10.0. The number of hydrogen-bond donors (Lipinski definition) is 0. The van der Waals surface area contributed by atoms with Crippen LogP contribution in [0.3, 0.4) is 0 Å². The molecule has 1 aromatic carbocycles. The fourth-order valence-corrected chi connectivity index (χ4v) is 3.00. The van der Waals surface area contributed by atoms with E-state index in [9.17, 15) is 14.4 Å². The maximum absolute atomic E-state index is 12.5. The number of hydrogen-bond acceptors (Lipinski definition) is 3. The first-order chi connectivity index (χ1) is 11.9. The topological polar surface area (TPSA) is 57.7 Å². The molecular weight excluding hydrogens is 316 g/mol. The summed E-state index contributed by atoms with van der Waals surface area (Å²) in [6, 6.07) is 7.21. The summed E-state index contributed by atoms with van der Waals surface area (Å²) in [6.07, 6.45) is 3.50. The lowest BCUT2D eigenvalue weighted by Crippen LogP contribution is -2.52. The van der Waals surface area contributed by atoms with Crippen LogP contribution in [0.4, 0.5) is 5.69 Å². The highest BCUT2D eigenvalue weighted by Gasteiger charge is 2.28. The third-order valence-electron chi connectivity index (χ3n) is 4.53. The zero-order chi connectivity index (χ0) is 18.4. The van der Waals surface area contributed by atoms with Crippen molar-refractivity contribution >= 4 is 23.3 Å². The van der Waals surface area contributed by atoms with Crippen LogP contribution in [0.2, 0.25) is 0 Å². The largest absolute Gasteiger partial charge is 0.332 e. The molecule has 1 aliphatic heterocycles. The molecule has 1 heterocycles. The molecule has 5 nitrogen and oxygen atoms in total. The van der Waals surface area contributed by atoms with Gasteiger partial charge in [0.25, 0.3) is 0 Å². The van der Waals surface area contributed by atoms with Crippen molar-refractivity contribution in [3.8, 4) is 0 Å². The minimum Gasteiger partial charge on any atom is -0.332 e. The average Bonchev–Trinajstić information content (AvgIpc) is 2.61. The molecule has 0 aromatic heterocycles. The molecule has 25 heavy (non-hydrogen) atoms. The van der Waals surface area contributed by atoms with Gasteiger partial charge in [0.1, 0.15) is 6.54 Å². The Labute approximate surface area is 150 Å². The molecule has 136 valence electrons. The second-order valence-electron chi connectivity index (χ2n) is 6.89. The summed E-state index contributed by atoms with van der Waals surface area (Å²) in [7, 11) is 0. The molecule has 0 radical (unpaired) electrons. The number of carbonyl (C=O) groups excluding carboxylic acids is 3. The van der Waals surface area contributed by atoms with Gasteiger partial charge in [0.05, 0.1) is 0 Å². The standard InChI is InChI=1S/C20H28N2O3/c1-4-5-6-10-18(23)21-11-12-22(19(24)14-21)17-9-7-8-16(13-17)20(25)15(2)3/h7-9,13,15H,4-6,10-12,14H2,1-3H3. The molecule has 0 N–H and O–H groups in total. The van der Waals surface area contributed by atoms with Crippen LogP contribution in [0.25, 0.3) is 0 Å². The molecule has 5 heteroatoms. The summed E-state index contributed by atoms with van der Waals surface area (Å²) >= 11 is 0. The Bertz CT molecular complexity index is 640. The highest BCUT2D eigenvalue weighted by molar-refractivity contribution is 6.01. The van der Waals surface area contributed by atoms with Crippen LogP contribution in [0.15, 0.2) is 24.3 Å². The van der Waals surface area contributed by atoms with E-state index in [-0.39, 0.29) is 30.1 Å². The van der Waals surface area contributed by atoms with Crippen LogP contribution >= 0.6 is 0 Å². The number of nitrogens with zero attached hydrogens (tertiary/aromatic N) is 2. The minimum atomic E-state index is -0.0933. The highest BCUT2D eigenvalue weighted by atomic mass is 16.2. The molecule has 1 saturated heterocycles.